The highest BCUT2D eigenvalue weighted by Crippen LogP contribution is 2.35. The third-order valence-electron chi connectivity index (χ3n) is 3.95. The van der Waals surface area contributed by atoms with Crippen molar-refractivity contribution in [3.05, 3.63) is 0 Å². The van der Waals surface area contributed by atoms with E-state index < -0.39 is 5.67 Å². The molecule has 0 amide bonds. The first-order valence-corrected chi connectivity index (χ1v) is 6.86. The number of piperidine rings is 1. The van der Waals surface area contributed by atoms with Gasteiger partial charge >= 0.3 is 0 Å². The van der Waals surface area contributed by atoms with Gasteiger partial charge in [0.25, 0.3) is 0 Å². The van der Waals surface area contributed by atoms with Gasteiger partial charge < -0.3 is 4.74 Å². The summed E-state index contributed by atoms with van der Waals surface area (Å²) in [7, 11) is 0. The highest BCUT2D eigenvalue weighted by Gasteiger charge is 2.39. The molecule has 2 rings (SSSR count). The Kier molecular flexibility index (Phi) is 3.52. The molecule has 0 atom stereocenters. The fourth-order valence-electron chi connectivity index (χ4n) is 2.79. The van der Waals surface area contributed by atoms with Crippen LogP contribution in [0.4, 0.5) is 4.39 Å². The summed E-state index contributed by atoms with van der Waals surface area (Å²) in [5.74, 6) is 0. The Labute approximate surface area is 105 Å². The van der Waals surface area contributed by atoms with Crippen molar-refractivity contribution in [2.24, 2.45) is 0 Å². The SMILES string of the molecule is CC1(F)CCN(C2CC(OC(C)(C)C)C2)CC1. The van der Waals surface area contributed by atoms with Gasteiger partial charge in [-0.25, -0.2) is 4.39 Å². The normalized spacial score (nSPS) is 34.4. The van der Waals surface area contributed by atoms with Crippen molar-refractivity contribution in [3.63, 3.8) is 0 Å². The van der Waals surface area contributed by atoms with E-state index >= 15 is 0 Å². The Morgan fingerprint density at radius 1 is 1.18 bits per heavy atom. The van der Waals surface area contributed by atoms with Gasteiger partial charge in [0.2, 0.25) is 0 Å². The maximum Gasteiger partial charge on any atom is 0.110 e. The maximum atomic E-state index is 13.7. The molecule has 2 fully saturated rings. The van der Waals surface area contributed by atoms with Crippen molar-refractivity contribution in [1.82, 2.24) is 4.90 Å². The number of hydrogen-bond donors (Lipinski definition) is 0. The van der Waals surface area contributed by atoms with Crippen LogP contribution in [0.15, 0.2) is 0 Å². The van der Waals surface area contributed by atoms with Crippen molar-refractivity contribution in [2.75, 3.05) is 13.1 Å². The first-order chi connectivity index (χ1) is 7.75. The molecule has 2 nitrogen and oxygen atoms in total. The van der Waals surface area contributed by atoms with Crippen LogP contribution in [-0.4, -0.2) is 41.4 Å². The topological polar surface area (TPSA) is 12.5 Å². The minimum atomic E-state index is -0.929. The van der Waals surface area contributed by atoms with E-state index in [0.29, 0.717) is 25.0 Å². The van der Waals surface area contributed by atoms with E-state index in [1.54, 1.807) is 6.92 Å². The van der Waals surface area contributed by atoms with Gasteiger partial charge in [-0.1, -0.05) is 0 Å². The fraction of sp³-hybridized carbons (Fsp3) is 1.00. The molecule has 0 radical (unpaired) electrons. The zero-order valence-electron chi connectivity index (χ0n) is 11.6. The maximum absolute atomic E-state index is 13.7. The lowest BCUT2D eigenvalue weighted by molar-refractivity contribution is -0.125. The molecule has 0 bridgehead atoms. The summed E-state index contributed by atoms with van der Waals surface area (Å²) >= 11 is 0. The minimum Gasteiger partial charge on any atom is -0.373 e. The van der Waals surface area contributed by atoms with Gasteiger partial charge in [-0.2, -0.15) is 0 Å². The zero-order valence-corrected chi connectivity index (χ0v) is 11.6. The van der Waals surface area contributed by atoms with Crippen LogP contribution in [-0.2, 0) is 4.74 Å². The number of hydrogen-bond acceptors (Lipinski definition) is 2. The second kappa shape index (κ2) is 4.51. The van der Waals surface area contributed by atoms with E-state index in [-0.39, 0.29) is 5.60 Å². The molecule has 0 spiro atoms. The molecule has 0 N–H and O–H groups in total. The van der Waals surface area contributed by atoms with Gasteiger partial charge in [0, 0.05) is 19.1 Å². The molecule has 1 saturated carbocycles. The number of halogens is 1. The molecule has 1 heterocycles. The molecule has 100 valence electrons. The summed E-state index contributed by atoms with van der Waals surface area (Å²) in [6.07, 6.45) is 4.04. The highest BCUT2D eigenvalue weighted by molar-refractivity contribution is 4.93. The number of likely N-dealkylation sites (tertiary alicyclic amines) is 1. The van der Waals surface area contributed by atoms with E-state index in [2.05, 4.69) is 25.7 Å². The van der Waals surface area contributed by atoms with Crippen molar-refractivity contribution in [2.45, 2.75) is 76.8 Å². The smallest absolute Gasteiger partial charge is 0.110 e. The van der Waals surface area contributed by atoms with Gasteiger partial charge in [0.15, 0.2) is 0 Å². The molecule has 1 aliphatic carbocycles. The third kappa shape index (κ3) is 3.65. The summed E-state index contributed by atoms with van der Waals surface area (Å²) in [6, 6.07) is 0.637. The van der Waals surface area contributed by atoms with E-state index in [1.807, 2.05) is 0 Å². The van der Waals surface area contributed by atoms with Crippen molar-refractivity contribution in [1.29, 1.82) is 0 Å². The van der Waals surface area contributed by atoms with Crippen LogP contribution in [0.5, 0.6) is 0 Å². The summed E-state index contributed by atoms with van der Waals surface area (Å²) in [4.78, 5) is 2.45. The quantitative estimate of drug-likeness (QED) is 0.738. The van der Waals surface area contributed by atoms with Gasteiger partial charge in [-0.3, -0.25) is 4.90 Å². The Bertz CT molecular complexity index is 256. The molecular weight excluding hydrogens is 217 g/mol. The summed E-state index contributed by atoms with van der Waals surface area (Å²) in [5, 5.41) is 0. The van der Waals surface area contributed by atoms with E-state index in [9.17, 15) is 4.39 Å². The second-order valence-corrected chi connectivity index (χ2v) is 6.93. The monoisotopic (exact) mass is 243 g/mol. The summed E-state index contributed by atoms with van der Waals surface area (Å²) in [6.45, 7) is 9.89. The Morgan fingerprint density at radius 2 is 1.71 bits per heavy atom. The average molecular weight is 243 g/mol. The molecule has 1 aliphatic heterocycles. The van der Waals surface area contributed by atoms with Gasteiger partial charge in [0.05, 0.1) is 11.7 Å². The molecule has 3 heteroatoms. The van der Waals surface area contributed by atoms with E-state index in [0.717, 1.165) is 25.9 Å². The molecule has 1 saturated heterocycles. The molecular formula is C14H26FNO. The summed E-state index contributed by atoms with van der Waals surface area (Å²) in [5.41, 5.74) is -0.962. The Morgan fingerprint density at radius 3 is 2.18 bits per heavy atom. The van der Waals surface area contributed by atoms with Gasteiger partial charge in [-0.15, -0.1) is 0 Å². The number of rotatable bonds is 2. The third-order valence-corrected chi connectivity index (χ3v) is 3.95. The number of alkyl halides is 1. The van der Waals surface area contributed by atoms with Crippen LogP contribution in [0, 0.1) is 0 Å². The highest BCUT2D eigenvalue weighted by atomic mass is 19.1. The molecule has 2 aliphatic rings. The van der Waals surface area contributed by atoms with Crippen molar-refractivity contribution < 1.29 is 9.13 Å². The van der Waals surface area contributed by atoms with Crippen molar-refractivity contribution in [3.8, 4) is 0 Å². The van der Waals surface area contributed by atoms with Crippen molar-refractivity contribution >= 4 is 0 Å². The fourth-order valence-corrected chi connectivity index (χ4v) is 2.79. The lowest BCUT2D eigenvalue weighted by atomic mass is 9.84. The van der Waals surface area contributed by atoms with Gasteiger partial charge in [-0.05, 0) is 53.4 Å². The largest absolute Gasteiger partial charge is 0.373 e. The molecule has 0 unspecified atom stereocenters. The number of ether oxygens (including phenoxy) is 1. The van der Waals surface area contributed by atoms with Gasteiger partial charge in [0.1, 0.15) is 5.67 Å². The first-order valence-electron chi connectivity index (χ1n) is 6.86. The predicted molar refractivity (Wildman–Crippen MR) is 68.0 cm³/mol. The molecule has 0 aromatic carbocycles. The zero-order chi connectivity index (χ0) is 12.7. The standard InChI is InChI=1S/C14H26FNO/c1-13(2,3)17-12-9-11(10-12)16-7-5-14(4,15)6-8-16/h11-12H,5-10H2,1-4H3. The Hall–Kier alpha value is -0.150. The Balaban J connectivity index is 1.70. The average Bonchev–Trinajstić information content (AvgIpc) is 2.10. The lowest BCUT2D eigenvalue weighted by Crippen LogP contribution is -2.53. The molecule has 0 aromatic heterocycles. The van der Waals surface area contributed by atoms with Crippen LogP contribution >= 0.6 is 0 Å². The van der Waals surface area contributed by atoms with E-state index in [1.165, 1.54) is 0 Å². The molecule has 17 heavy (non-hydrogen) atoms. The molecule has 0 aromatic rings. The lowest BCUT2D eigenvalue weighted by Gasteiger charge is -2.47. The van der Waals surface area contributed by atoms with E-state index in [4.69, 9.17) is 4.74 Å². The minimum absolute atomic E-state index is 0.0327. The van der Waals surface area contributed by atoms with Crippen LogP contribution in [0.3, 0.4) is 0 Å². The number of nitrogens with zero attached hydrogens (tertiary/aromatic N) is 1. The van der Waals surface area contributed by atoms with Crippen LogP contribution in [0.25, 0.3) is 0 Å². The second-order valence-electron chi connectivity index (χ2n) is 6.93. The summed E-state index contributed by atoms with van der Waals surface area (Å²) < 4.78 is 19.6. The predicted octanol–water partition coefficient (Wildman–Crippen LogP) is 3.16. The van der Waals surface area contributed by atoms with Crippen LogP contribution < -0.4 is 0 Å². The van der Waals surface area contributed by atoms with Crippen LogP contribution in [0.1, 0.15) is 53.4 Å². The van der Waals surface area contributed by atoms with Crippen LogP contribution in [0.2, 0.25) is 0 Å². The first kappa shape index (κ1) is 13.3.